The van der Waals surface area contributed by atoms with E-state index in [1.54, 1.807) is 0 Å². The van der Waals surface area contributed by atoms with Crippen LogP contribution < -0.4 is 5.32 Å². The van der Waals surface area contributed by atoms with Crippen LogP contribution in [-0.2, 0) is 4.79 Å². The van der Waals surface area contributed by atoms with Gasteiger partial charge >= 0.3 is 0 Å². The van der Waals surface area contributed by atoms with Gasteiger partial charge < -0.3 is 25.7 Å². The molecule has 0 fully saturated rings. The number of aliphatic hydroxyl groups excluding tert-OH is 4. The molecule has 4 atom stereocenters. The van der Waals surface area contributed by atoms with Gasteiger partial charge in [-0.2, -0.15) is 0 Å². The van der Waals surface area contributed by atoms with Crippen LogP contribution in [0.3, 0.4) is 0 Å². The number of rotatable bonds is 40. The van der Waals surface area contributed by atoms with Crippen molar-refractivity contribution < 1.29 is 25.2 Å². The fourth-order valence-electron chi connectivity index (χ4n) is 6.92. The maximum atomic E-state index is 12.4. The van der Waals surface area contributed by atoms with E-state index in [4.69, 9.17) is 0 Å². The van der Waals surface area contributed by atoms with Gasteiger partial charge in [-0.05, 0) is 32.1 Å². The van der Waals surface area contributed by atoms with Gasteiger partial charge in [0.25, 0.3) is 0 Å². The third-order valence-electron chi connectivity index (χ3n) is 10.5. The number of hydrogen-bond acceptors (Lipinski definition) is 5. The van der Waals surface area contributed by atoms with Crippen LogP contribution in [0, 0.1) is 0 Å². The molecule has 1 amide bonds. The van der Waals surface area contributed by atoms with E-state index in [1.165, 1.54) is 161 Å². The van der Waals surface area contributed by atoms with Crippen molar-refractivity contribution in [1.82, 2.24) is 5.32 Å². The molecule has 0 bridgehead atoms. The highest BCUT2D eigenvalue weighted by atomic mass is 16.3. The van der Waals surface area contributed by atoms with E-state index >= 15 is 0 Å². The number of hydrogen-bond donors (Lipinski definition) is 5. The molecule has 5 N–H and O–H groups in total. The van der Waals surface area contributed by atoms with Gasteiger partial charge in [0, 0.05) is 0 Å². The molecule has 6 heteroatoms. The van der Waals surface area contributed by atoms with Crippen molar-refractivity contribution in [2.24, 2.45) is 0 Å². The van der Waals surface area contributed by atoms with E-state index in [0.717, 1.165) is 44.9 Å². The molecule has 0 heterocycles. The normalized spacial score (nSPS) is 14.3. The summed E-state index contributed by atoms with van der Waals surface area (Å²) in [5.41, 5.74) is 0. The zero-order valence-corrected chi connectivity index (χ0v) is 33.4. The van der Waals surface area contributed by atoms with Gasteiger partial charge in [0.1, 0.15) is 12.2 Å². The Morgan fingerprint density at radius 1 is 0.480 bits per heavy atom. The number of aliphatic hydroxyl groups is 4. The average molecular weight is 710 g/mol. The second-order valence-electron chi connectivity index (χ2n) is 15.4. The molecular formula is C44H87NO5. The Labute approximate surface area is 311 Å². The number of carbonyl (C=O) groups excluding carboxylic acids is 1. The van der Waals surface area contributed by atoms with Crippen molar-refractivity contribution in [1.29, 1.82) is 0 Å². The highest BCUT2D eigenvalue weighted by Crippen LogP contribution is 2.17. The fourth-order valence-corrected chi connectivity index (χ4v) is 6.92. The molecule has 0 aliphatic carbocycles. The Bertz CT molecular complexity index is 717. The van der Waals surface area contributed by atoms with Gasteiger partial charge in [0.2, 0.25) is 5.91 Å². The predicted molar refractivity (Wildman–Crippen MR) is 215 cm³/mol. The average Bonchev–Trinajstić information content (AvgIpc) is 3.12. The highest BCUT2D eigenvalue weighted by Gasteiger charge is 2.28. The fraction of sp³-hybridized carbons (Fsp3) is 0.932. The van der Waals surface area contributed by atoms with E-state index in [1.807, 2.05) is 0 Å². The Balaban J connectivity index is 3.54. The summed E-state index contributed by atoms with van der Waals surface area (Å²) in [6, 6.07) is -0.994. The third-order valence-corrected chi connectivity index (χ3v) is 10.5. The summed E-state index contributed by atoms with van der Waals surface area (Å²) in [6.45, 7) is 3.96. The number of unbranched alkanes of at least 4 members (excludes halogenated alkanes) is 29. The molecule has 0 aliphatic heterocycles. The summed E-state index contributed by atoms with van der Waals surface area (Å²) in [4.78, 5) is 12.4. The van der Waals surface area contributed by atoms with Gasteiger partial charge in [0.15, 0.2) is 0 Å². The molecule has 298 valence electrons. The lowest BCUT2D eigenvalue weighted by molar-refractivity contribution is -0.132. The number of amides is 1. The lowest BCUT2D eigenvalue weighted by Crippen LogP contribution is -2.53. The summed E-state index contributed by atoms with van der Waals surface area (Å²) in [6.07, 6.45) is 42.9. The van der Waals surface area contributed by atoms with Crippen LogP contribution in [0.15, 0.2) is 12.2 Å². The lowest BCUT2D eigenvalue weighted by Gasteiger charge is -2.27. The molecule has 50 heavy (non-hydrogen) atoms. The van der Waals surface area contributed by atoms with Gasteiger partial charge in [-0.1, -0.05) is 212 Å². The van der Waals surface area contributed by atoms with Crippen LogP contribution in [0.25, 0.3) is 0 Å². The Kier molecular flexibility index (Phi) is 38.5. The monoisotopic (exact) mass is 710 g/mol. The van der Waals surface area contributed by atoms with E-state index in [0.29, 0.717) is 12.8 Å². The van der Waals surface area contributed by atoms with Crippen molar-refractivity contribution in [3.63, 3.8) is 0 Å². The molecule has 0 aromatic rings. The first-order chi connectivity index (χ1) is 24.5. The second kappa shape index (κ2) is 39.3. The van der Waals surface area contributed by atoms with Crippen molar-refractivity contribution in [3.05, 3.63) is 12.2 Å². The number of nitrogens with one attached hydrogen (secondary N) is 1. The minimum absolute atomic E-state index is 0.367. The van der Waals surface area contributed by atoms with Crippen molar-refractivity contribution in [3.8, 4) is 0 Å². The zero-order valence-electron chi connectivity index (χ0n) is 33.4. The topological polar surface area (TPSA) is 110 Å². The predicted octanol–water partition coefficient (Wildman–Crippen LogP) is 11.4. The molecule has 0 saturated carbocycles. The molecule has 0 aromatic carbocycles. The van der Waals surface area contributed by atoms with Gasteiger partial charge in [-0.15, -0.1) is 0 Å². The van der Waals surface area contributed by atoms with Gasteiger partial charge in [0.05, 0.1) is 18.8 Å². The zero-order chi connectivity index (χ0) is 36.8. The minimum Gasteiger partial charge on any atom is -0.394 e. The van der Waals surface area contributed by atoms with E-state index in [9.17, 15) is 25.2 Å². The lowest BCUT2D eigenvalue weighted by atomic mass is 10.00. The van der Waals surface area contributed by atoms with Crippen LogP contribution in [0.1, 0.15) is 232 Å². The molecule has 0 radical (unpaired) electrons. The molecule has 0 aromatic heterocycles. The Morgan fingerprint density at radius 2 is 0.820 bits per heavy atom. The number of carbonyl (C=O) groups is 1. The largest absolute Gasteiger partial charge is 0.394 e. The Hall–Kier alpha value is -0.950. The van der Waals surface area contributed by atoms with Crippen LogP contribution in [0.5, 0.6) is 0 Å². The second-order valence-corrected chi connectivity index (χ2v) is 15.4. The summed E-state index contributed by atoms with van der Waals surface area (Å²) in [5.74, 6) is -0.594. The minimum atomic E-state index is -1.27. The maximum absolute atomic E-state index is 12.4. The molecule has 4 unspecified atom stereocenters. The first kappa shape index (κ1) is 49.0. The van der Waals surface area contributed by atoms with Gasteiger partial charge in [-0.3, -0.25) is 4.79 Å². The first-order valence-corrected chi connectivity index (χ1v) is 22.1. The summed E-state index contributed by atoms with van der Waals surface area (Å²) >= 11 is 0. The molecular weight excluding hydrogens is 622 g/mol. The molecule has 0 spiro atoms. The quantitative estimate of drug-likeness (QED) is 0.0321. The van der Waals surface area contributed by atoms with Crippen LogP contribution >= 0.6 is 0 Å². The first-order valence-electron chi connectivity index (χ1n) is 22.1. The molecule has 0 aliphatic rings. The van der Waals surface area contributed by atoms with Crippen LogP contribution in [0.4, 0.5) is 0 Å². The van der Waals surface area contributed by atoms with Crippen molar-refractivity contribution in [2.75, 3.05) is 6.61 Å². The summed E-state index contributed by atoms with van der Waals surface area (Å²) in [7, 11) is 0. The van der Waals surface area contributed by atoms with Crippen LogP contribution in [0.2, 0.25) is 0 Å². The van der Waals surface area contributed by atoms with E-state index in [2.05, 4.69) is 31.3 Å². The SMILES string of the molecule is CCCC/C=C/CCCC(O)C(O)C(CO)NC(=O)C(O)CCCCCCCCCCCCCCCCCCCCCCCCCCCCC. The molecule has 6 nitrogen and oxygen atoms in total. The third kappa shape index (κ3) is 32.9. The smallest absolute Gasteiger partial charge is 0.249 e. The number of allylic oxidation sites excluding steroid dienone is 2. The highest BCUT2D eigenvalue weighted by molar-refractivity contribution is 5.80. The summed E-state index contributed by atoms with van der Waals surface area (Å²) < 4.78 is 0. The standard InChI is InChI=1S/C44H87NO5/c1-3-5-7-9-11-12-13-14-15-16-17-18-19-20-21-22-23-24-25-26-27-28-29-30-32-34-36-38-42(48)44(50)45-40(39-46)43(49)41(47)37-35-33-31-10-8-6-4-2/h10,31,40-43,46-49H,3-9,11-30,32-39H2,1-2H3,(H,45,50)/b31-10+. The van der Waals surface area contributed by atoms with Gasteiger partial charge in [-0.25, -0.2) is 0 Å². The van der Waals surface area contributed by atoms with Crippen molar-refractivity contribution in [2.45, 2.75) is 257 Å². The summed E-state index contributed by atoms with van der Waals surface area (Å²) in [5, 5.41) is 43.3. The van der Waals surface area contributed by atoms with E-state index < -0.39 is 36.9 Å². The Morgan fingerprint density at radius 3 is 1.18 bits per heavy atom. The molecule has 0 rings (SSSR count). The maximum Gasteiger partial charge on any atom is 0.249 e. The van der Waals surface area contributed by atoms with E-state index in [-0.39, 0.29) is 0 Å². The van der Waals surface area contributed by atoms with Crippen LogP contribution in [-0.4, -0.2) is 57.3 Å². The van der Waals surface area contributed by atoms with Crippen molar-refractivity contribution >= 4 is 5.91 Å². The molecule has 0 saturated heterocycles.